The number of hydrogen-bond donors (Lipinski definition) is 1. The first kappa shape index (κ1) is 18.6. The fraction of sp³-hybridized carbons (Fsp3) is 0.684. The lowest BCUT2D eigenvalue weighted by molar-refractivity contribution is -0.157. The third-order valence-corrected chi connectivity index (χ3v) is 6.35. The molecule has 3 rings (SSSR count). The number of aliphatic hydroxyl groups excluding tert-OH is 1. The number of aliphatic hydroxyl groups is 1. The summed E-state index contributed by atoms with van der Waals surface area (Å²) in [6, 6.07) is 0. The summed E-state index contributed by atoms with van der Waals surface area (Å²) in [6.45, 7) is 9.31. The van der Waals surface area contributed by atoms with Gasteiger partial charge in [-0.25, -0.2) is 4.79 Å². The number of fused-ring (bicyclic) bond motifs is 1. The van der Waals surface area contributed by atoms with E-state index in [0.29, 0.717) is 23.1 Å². The van der Waals surface area contributed by atoms with E-state index < -0.39 is 12.1 Å². The number of rotatable bonds is 4. The van der Waals surface area contributed by atoms with Crippen LogP contribution in [0.1, 0.15) is 56.2 Å². The third-order valence-electron chi connectivity index (χ3n) is 5.40. The van der Waals surface area contributed by atoms with E-state index in [0.717, 1.165) is 28.9 Å². The molecule has 2 heterocycles. The summed E-state index contributed by atoms with van der Waals surface area (Å²) in [7, 11) is 0. The molecular weight excluding hydrogens is 384 g/mol. The van der Waals surface area contributed by atoms with Crippen molar-refractivity contribution in [1.82, 2.24) is 4.98 Å². The molecule has 0 bridgehead atoms. The average Bonchev–Trinajstić information content (AvgIpc) is 3.10. The molecule has 1 aliphatic carbocycles. The number of aryl methyl sites for hydroxylation is 2. The molecule has 0 radical (unpaired) electrons. The third kappa shape index (κ3) is 3.56. The van der Waals surface area contributed by atoms with Crippen LogP contribution in [0.2, 0.25) is 0 Å². The average molecular weight is 411 g/mol. The first-order valence-corrected chi connectivity index (χ1v) is 9.89. The van der Waals surface area contributed by atoms with Gasteiger partial charge in [-0.2, -0.15) is 0 Å². The Hall–Kier alpha value is -1.14. The molecule has 2 fully saturated rings. The molecule has 1 aliphatic heterocycles. The Kier molecular flexibility index (Phi) is 5.40. The van der Waals surface area contributed by atoms with Crippen LogP contribution in [-0.2, 0) is 9.53 Å². The smallest absolute Gasteiger partial charge is 0.340 e. The molecule has 6 heteroatoms. The van der Waals surface area contributed by atoms with Crippen LogP contribution in [0.5, 0.6) is 0 Å². The number of nitrogens with zero attached hydrogens (tertiary/aromatic N) is 2. The first-order chi connectivity index (χ1) is 11.8. The molecule has 25 heavy (non-hydrogen) atoms. The highest BCUT2D eigenvalue weighted by Gasteiger charge is 2.39. The molecule has 138 valence electrons. The Morgan fingerprint density at radius 1 is 1.24 bits per heavy atom. The molecule has 1 aromatic heterocycles. The number of carbonyl (C=O) groups excluding carboxylic acids is 1. The molecular formula is C19H27BrN2O3. The van der Waals surface area contributed by atoms with Crippen LogP contribution in [0, 0.1) is 25.7 Å². The lowest BCUT2D eigenvalue weighted by Crippen LogP contribution is -2.27. The minimum atomic E-state index is -1.32. The highest BCUT2D eigenvalue weighted by atomic mass is 79.9. The highest BCUT2D eigenvalue weighted by molar-refractivity contribution is 9.10. The second-order valence-corrected chi connectivity index (χ2v) is 8.40. The van der Waals surface area contributed by atoms with Crippen molar-refractivity contribution < 1.29 is 14.6 Å². The van der Waals surface area contributed by atoms with Gasteiger partial charge in [-0.3, -0.25) is 4.98 Å². The summed E-state index contributed by atoms with van der Waals surface area (Å²) in [5.74, 6) is 0.817. The lowest BCUT2D eigenvalue weighted by Gasteiger charge is -2.28. The number of esters is 1. The molecule has 5 nitrogen and oxygen atoms in total. The Labute approximate surface area is 157 Å². The summed E-state index contributed by atoms with van der Waals surface area (Å²) < 4.78 is 6.10. The Morgan fingerprint density at radius 2 is 1.84 bits per heavy atom. The number of carbonyl (C=O) groups is 1. The highest BCUT2D eigenvalue weighted by Crippen LogP contribution is 2.45. The van der Waals surface area contributed by atoms with Gasteiger partial charge in [-0.05, 0) is 68.3 Å². The molecule has 1 aromatic rings. The summed E-state index contributed by atoms with van der Waals surface area (Å²) in [5, 5.41) is 10.7. The topological polar surface area (TPSA) is 62.7 Å². The van der Waals surface area contributed by atoms with E-state index in [4.69, 9.17) is 4.74 Å². The van der Waals surface area contributed by atoms with Gasteiger partial charge >= 0.3 is 5.97 Å². The van der Waals surface area contributed by atoms with Crippen molar-refractivity contribution in [2.24, 2.45) is 11.8 Å². The van der Waals surface area contributed by atoms with E-state index in [1.807, 2.05) is 13.8 Å². The fourth-order valence-corrected chi connectivity index (χ4v) is 4.84. The van der Waals surface area contributed by atoms with Gasteiger partial charge < -0.3 is 14.7 Å². The number of halogens is 1. The van der Waals surface area contributed by atoms with Crippen molar-refractivity contribution in [2.45, 2.75) is 59.2 Å². The Balaban J connectivity index is 2.00. The summed E-state index contributed by atoms with van der Waals surface area (Å²) in [6.07, 6.45) is 2.28. The molecule has 0 aromatic carbocycles. The summed E-state index contributed by atoms with van der Waals surface area (Å²) >= 11 is 3.66. The van der Waals surface area contributed by atoms with Crippen LogP contribution < -0.4 is 4.90 Å². The van der Waals surface area contributed by atoms with Crippen LogP contribution in [-0.4, -0.2) is 35.3 Å². The van der Waals surface area contributed by atoms with Gasteiger partial charge in [-0.15, -0.1) is 0 Å². The normalized spacial score (nSPS) is 23.9. The molecule has 1 saturated heterocycles. The minimum Gasteiger partial charge on any atom is -0.461 e. The zero-order valence-corrected chi connectivity index (χ0v) is 17.0. The largest absolute Gasteiger partial charge is 0.461 e. The number of ether oxygens (including phenoxy) is 1. The molecule has 2 aliphatic rings. The van der Waals surface area contributed by atoms with Crippen molar-refractivity contribution in [1.29, 1.82) is 0 Å². The van der Waals surface area contributed by atoms with Crippen LogP contribution in [0.4, 0.5) is 5.69 Å². The molecule has 0 amide bonds. The van der Waals surface area contributed by atoms with E-state index >= 15 is 0 Å². The molecule has 0 spiro atoms. The maximum Gasteiger partial charge on any atom is 0.340 e. The molecule has 1 N–H and O–H groups in total. The number of hydrogen-bond acceptors (Lipinski definition) is 5. The van der Waals surface area contributed by atoms with Gasteiger partial charge in [0.25, 0.3) is 0 Å². The van der Waals surface area contributed by atoms with Crippen molar-refractivity contribution in [3.8, 4) is 0 Å². The second kappa shape index (κ2) is 7.23. The van der Waals surface area contributed by atoms with Gasteiger partial charge in [0, 0.05) is 24.3 Å². The van der Waals surface area contributed by atoms with Crippen molar-refractivity contribution in [3.63, 3.8) is 0 Å². The van der Waals surface area contributed by atoms with Gasteiger partial charge in [0.15, 0.2) is 6.10 Å². The van der Waals surface area contributed by atoms with E-state index in [1.54, 1.807) is 13.8 Å². The van der Waals surface area contributed by atoms with Gasteiger partial charge in [0.05, 0.1) is 22.0 Å². The van der Waals surface area contributed by atoms with Crippen LogP contribution >= 0.6 is 15.9 Å². The van der Waals surface area contributed by atoms with Crippen LogP contribution in [0.3, 0.4) is 0 Å². The van der Waals surface area contributed by atoms with Gasteiger partial charge in [-0.1, -0.05) is 6.42 Å². The van der Waals surface area contributed by atoms with Crippen molar-refractivity contribution >= 4 is 27.6 Å². The number of aromatic nitrogens is 1. The maximum atomic E-state index is 12.3. The zero-order chi connectivity index (χ0) is 18.3. The van der Waals surface area contributed by atoms with E-state index in [1.165, 1.54) is 19.3 Å². The summed E-state index contributed by atoms with van der Waals surface area (Å²) in [4.78, 5) is 19.2. The summed E-state index contributed by atoms with van der Waals surface area (Å²) in [5.41, 5.74) is 3.04. The fourth-order valence-electron chi connectivity index (χ4n) is 4.29. The van der Waals surface area contributed by atoms with E-state index in [-0.39, 0.29) is 6.10 Å². The number of pyridine rings is 1. The lowest BCUT2D eigenvalue weighted by atomic mass is 10.0. The van der Waals surface area contributed by atoms with Gasteiger partial charge in [0.2, 0.25) is 0 Å². The molecule has 1 saturated carbocycles. The van der Waals surface area contributed by atoms with Crippen molar-refractivity contribution in [3.05, 3.63) is 21.4 Å². The predicted molar refractivity (Wildman–Crippen MR) is 101 cm³/mol. The first-order valence-electron chi connectivity index (χ1n) is 9.09. The van der Waals surface area contributed by atoms with Gasteiger partial charge in [0.1, 0.15) is 0 Å². The van der Waals surface area contributed by atoms with E-state index in [2.05, 4.69) is 25.8 Å². The van der Waals surface area contributed by atoms with E-state index in [9.17, 15) is 9.90 Å². The quantitative estimate of drug-likeness (QED) is 0.766. The monoisotopic (exact) mass is 410 g/mol. The van der Waals surface area contributed by atoms with Crippen molar-refractivity contribution in [2.75, 3.05) is 18.0 Å². The maximum absolute atomic E-state index is 12.3. The second-order valence-electron chi connectivity index (χ2n) is 7.60. The SMILES string of the molecule is Cc1nc(C)c([C@H](O)C(=O)OC(C)C)c(N2CC3CCCC3C2)c1Br. The zero-order valence-electron chi connectivity index (χ0n) is 15.4. The Morgan fingerprint density at radius 3 is 2.40 bits per heavy atom. The Bertz CT molecular complexity index is 665. The molecule has 3 atom stereocenters. The van der Waals surface area contributed by atoms with Crippen LogP contribution in [0.15, 0.2) is 4.47 Å². The number of anilines is 1. The predicted octanol–water partition coefficient (Wildman–Crippen LogP) is 3.68. The minimum absolute atomic E-state index is 0.265. The molecule has 2 unspecified atom stereocenters. The standard InChI is InChI=1S/C19H27BrN2O3/c1-10(2)25-19(24)18(23)15-11(3)21-12(4)16(20)17(15)22-8-13-6-5-7-14(13)9-22/h10,13-14,18,23H,5-9H2,1-4H3/t13?,14?,18-/m0/s1. The van der Waals surface area contributed by atoms with Crippen LogP contribution in [0.25, 0.3) is 0 Å².